The highest BCUT2D eigenvalue weighted by molar-refractivity contribution is 5.86. The molecule has 0 bridgehead atoms. The number of halogens is 3. The van der Waals surface area contributed by atoms with Crippen LogP contribution in [-0.4, -0.2) is 36.7 Å². The van der Waals surface area contributed by atoms with E-state index in [2.05, 4.69) is 20.4 Å². The molecule has 7 nitrogen and oxygen atoms in total. The van der Waals surface area contributed by atoms with Crippen molar-refractivity contribution in [2.75, 3.05) is 5.32 Å². The number of carboxylic acids is 1. The van der Waals surface area contributed by atoms with Crippen LogP contribution in [0.4, 0.5) is 19.0 Å². The maximum absolute atomic E-state index is 12.6. The third-order valence-corrected chi connectivity index (χ3v) is 2.71. The lowest BCUT2D eigenvalue weighted by atomic mass is 10.4. The number of aromatic nitrogens is 4. The molecule has 2 N–H and O–H groups in total. The molecule has 10 heteroatoms. The quantitative estimate of drug-likeness (QED) is 0.886. The maximum Gasteiger partial charge on any atom is 0.453 e. The fourth-order valence-electron chi connectivity index (χ4n) is 1.64. The summed E-state index contributed by atoms with van der Waals surface area (Å²) in [5, 5.41) is 15.2. The second kappa shape index (κ2) is 4.05. The van der Waals surface area contributed by atoms with Crippen molar-refractivity contribution in [2.45, 2.75) is 25.1 Å². The number of nitrogens with zero attached hydrogens (tertiary/aromatic N) is 4. The molecule has 0 aromatic carbocycles. The second-order valence-corrected chi connectivity index (χ2v) is 4.40. The van der Waals surface area contributed by atoms with E-state index in [1.807, 2.05) is 0 Å². The van der Waals surface area contributed by atoms with E-state index in [-0.39, 0.29) is 17.6 Å². The van der Waals surface area contributed by atoms with Crippen LogP contribution in [-0.2, 0) is 6.18 Å². The van der Waals surface area contributed by atoms with E-state index in [1.165, 1.54) is 0 Å². The van der Waals surface area contributed by atoms with Gasteiger partial charge in [-0.1, -0.05) is 0 Å². The SMILES string of the molecule is O=C(O)c1cc(NC2CC2)n2nc(C(F)(F)F)nc2n1. The van der Waals surface area contributed by atoms with E-state index in [9.17, 15) is 18.0 Å². The fraction of sp³-hybridized carbons (Fsp3) is 0.400. The second-order valence-electron chi connectivity index (χ2n) is 4.40. The molecular weight excluding hydrogens is 279 g/mol. The normalized spacial score (nSPS) is 15.6. The molecule has 1 fully saturated rings. The number of rotatable bonds is 3. The third kappa shape index (κ3) is 2.24. The van der Waals surface area contributed by atoms with E-state index in [0.717, 1.165) is 23.4 Å². The van der Waals surface area contributed by atoms with Crippen molar-refractivity contribution >= 4 is 17.6 Å². The molecule has 2 aromatic heterocycles. The van der Waals surface area contributed by atoms with Crippen molar-refractivity contribution in [3.05, 3.63) is 17.6 Å². The Morgan fingerprint density at radius 3 is 2.65 bits per heavy atom. The molecule has 0 amide bonds. The molecule has 1 aliphatic rings. The van der Waals surface area contributed by atoms with E-state index >= 15 is 0 Å². The summed E-state index contributed by atoms with van der Waals surface area (Å²) in [6, 6.07) is 1.25. The van der Waals surface area contributed by atoms with Crippen molar-refractivity contribution < 1.29 is 23.1 Å². The summed E-state index contributed by atoms with van der Waals surface area (Å²) in [6.07, 6.45) is -2.98. The largest absolute Gasteiger partial charge is 0.477 e. The molecule has 0 saturated heterocycles. The van der Waals surface area contributed by atoms with Gasteiger partial charge in [-0.25, -0.2) is 9.78 Å². The van der Waals surface area contributed by atoms with Crippen molar-refractivity contribution in [1.82, 2.24) is 19.6 Å². The molecule has 0 unspecified atom stereocenters. The zero-order valence-corrected chi connectivity index (χ0v) is 9.85. The summed E-state index contributed by atoms with van der Waals surface area (Å²) in [5.74, 6) is -2.97. The highest BCUT2D eigenvalue weighted by Gasteiger charge is 2.37. The van der Waals surface area contributed by atoms with Gasteiger partial charge in [-0.2, -0.15) is 22.7 Å². The van der Waals surface area contributed by atoms with Gasteiger partial charge in [0, 0.05) is 12.1 Å². The van der Waals surface area contributed by atoms with E-state index in [0.29, 0.717) is 0 Å². The van der Waals surface area contributed by atoms with Gasteiger partial charge in [0.1, 0.15) is 5.82 Å². The van der Waals surface area contributed by atoms with E-state index in [1.54, 1.807) is 0 Å². The highest BCUT2D eigenvalue weighted by Crippen LogP contribution is 2.28. The molecule has 0 radical (unpaired) electrons. The van der Waals surface area contributed by atoms with Crippen LogP contribution in [0.15, 0.2) is 6.07 Å². The Labute approximate surface area is 109 Å². The van der Waals surface area contributed by atoms with Crippen LogP contribution in [0.1, 0.15) is 29.2 Å². The first kappa shape index (κ1) is 12.6. The Bertz CT molecular complexity index is 692. The van der Waals surface area contributed by atoms with E-state index < -0.39 is 23.7 Å². The number of alkyl halides is 3. The number of carbonyl (C=O) groups is 1. The van der Waals surface area contributed by atoms with E-state index in [4.69, 9.17) is 5.11 Å². The zero-order valence-electron chi connectivity index (χ0n) is 9.85. The molecule has 20 heavy (non-hydrogen) atoms. The first-order valence-corrected chi connectivity index (χ1v) is 5.69. The van der Waals surface area contributed by atoms with Crippen LogP contribution in [0.3, 0.4) is 0 Å². The first-order valence-electron chi connectivity index (χ1n) is 5.69. The Morgan fingerprint density at radius 2 is 2.10 bits per heavy atom. The molecule has 0 atom stereocenters. The lowest BCUT2D eigenvalue weighted by Crippen LogP contribution is -2.12. The third-order valence-electron chi connectivity index (χ3n) is 2.71. The molecule has 106 valence electrons. The number of hydrogen-bond donors (Lipinski definition) is 2. The number of anilines is 1. The Kier molecular flexibility index (Phi) is 2.56. The maximum atomic E-state index is 12.6. The van der Waals surface area contributed by atoms with Gasteiger partial charge in [0.25, 0.3) is 11.6 Å². The van der Waals surface area contributed by atoms with Crippen LogP contribution < -0.4 is 5.32 Å². The number of nitrogens with one attached hydrogen (secondary N) is 1. The summed E-state index contributed by atoms with van der Waals surface area (Å²) < 4.78 is 38.6. The summed E-state index contributed by atoms with van der Waals surface area (Å²) in [4.78, 5) is 17.7. The predicted octanol–water partition coefficient (Wildman–Crippen LogP) is 1.42. The monoisotopic (exact) mass is 287 g/mol. The number of hydrogen-bond acceptors (Lipinski definition) is 5. The van der Waals surface area contributed by atoms with Gasteiger partial charge in [0.15, 0.2) is 5.69 Å². The molecular formula is C10H8F3N5O2. The van der Waals surface area contributed by atoms with Gasteiger partial charge >= 0.3 is 12.1 Å². The lowest BCUT2D eigenvalue weighted by molar-refractivity contribution is -0.144. The van der Waals surface area contributed by atoms with Gasteiger partial charge in [0.05, 0.1) is 0 Å². The molecule has 1 aliphatic carbocycles. The van der Waals surface area contributed by atoms with Crippen molar-refractivity contribution in [3.63, 3.8) is 0 Å². The molecule has 0 spiro atoms. The smallest absolute Gasteiger partial charge is 0.453 e. The Hall–Kier alpha value is -2.39. The number of aromatic carboxylic acids is 1. The summed E-state index contributed by atoms with van der Waals surface area (Å²) in [5.41, 5.74) is -0.387. The summed E-state index contributed by atoms with van der Waals surface area (Å²) in [6.45, 7) is 0. The predicted molar refractivity (Wildman–Crippen MR) is 59.4 cm³/mol. The molecule has 2 aromatic rings. The van der Waals surface area contributed by atoms with Gasteiger partial charge in [-0.05, 0) is 12.8 Å². The van der Waals surface area contributed by atoms with Crippen LogP contribution in [0, 0.1) is 0 Å². The Morgan fingerprint density at radius 1 is 1.40 bits per heavy atom. The van der Waals surface area contributed by atoms with Crippen molar-refractivity contribution in [3.8, 4) is 0 Å². The van der Waals surface area contributed by atoms with Crippen molar-refractivity contribution in [2.24, 2.45) is 0 Å². The molecule has 0 aliphatic heterocycles. The van der Waals surface area contributed by atoms with Gasteiger partial charge in [-0.3, -0.25) is 0 Å². The van der Waals surface area contributed by atoms with Crippen LogP contribution >= 0.6 is 0 Å². The lowest BCUT2D eigenvalue weighted by Gasteiger charge is -2.06. The number of carboxylic acid groups (broad SMARTS) is 1. The van der Waals surface area contributed by atoms with Gasteiger partial charge in [-0.15, -0.1) is 5.10 Å². The zero-order chi connectivity index (χ0) is 14.5. The standard InChI is InChI=1S/C10H8F3N5O2/c11-10(12,13)8-16-9-15-5(7(19)20)3-6(18(9)17-8)14-4-1-2-4/h3-4,14H,1-2H2,(H,19,20). The van der Waals surface area contributed by atoms with Crippen LogP contribution in [0.2, 0.25) is 0 Å². The highest BCUT2D eigenvalue weighted by atomic mass is 19.4. The van der Waals surface area contributed by atoms with Crippen molar-refractivity contribution in [1.29, 1.82) is 0 Å². The molecule has 2 heterocycles. The number of fused-ring (bicyclic) bond motifs is 1. The summed E-state index contributed by atoms with van der Waals surface area (Å²) >= 11 is 0. The van der Waals surface area contributed by atoms with Gasteiger partial charge < -0.3 is 10.4 Å². The average Bonchev–Trinajstić information content (AvgIpc) is 3.03. The minimum Gasteiger partial charge on any atom is -0.477 e. The first-order chi connectivity index (χ1) is 9.34. The molecule has 1 saturated carbocycles. The fourth-order valence-corrected chi connectivity index (χ4v) is 1.64. The average molecular weight is 287 g/mol. The van der Waals surface area contributed by atoms with Crippen LogP contribution in [0.25, 0.3) is 5.78 Å². The summed E-state index contributed by atoms with van der Waals surface area (Å²) in [7, 11) is 0. The molecule has 3 rings (SSSR count). The minimum absolute atomic E-state index is 0.112. The van der Waals surface area contributed by atoms with Gasteiger partial charge in [0.2, 0.25) is 0 Å². The topological polar surface area (TPSA) is 92.4 Å². The minimum atomic E-state index is -4.71. The Balaban J connectivity index is 2.16. The van der Waals surface area contributed by atoms with Crippen LogP contribution in [0.5, 0.6) is 0 Å².